The van der Waals surface area contributed by atoms with Crippen LogP contribution in [0.5, 0.6) is 0 Å². The molecule has 3 rings (SSSR count). The third-order valence-corrected chi connectivity index (χ3v) is 4.71. The average molecular weight is 306 g/mol. The van der Waals surface area contributed by atoms with Gasteiger partial charge in [-0.1, -0.05) is 43.9 Å². The Balaban J connectivity index is 2.04. The van der Waals surface area contributed by atoms with Crippen LogP contribution in [0.25, 0.3) is 11.4 Å². The fourth-order valence-electron chi connectivity index (χ4n) is 3.20. The molecule has 1 aliphatic carbocycles. The molecule has 1 saturated carbocycles. The van der Waals surface area contributed by atoms with E-state index in [2.05, 4.69) is 22.4 Å². The number of anilines is 1. The van der Waals surface area contributed by atoms with Crippen LogP contribution in [0.4, 0.5) is 5.69 Å². The minimum atomic E-state index is 0.313. The zero-order valence-electron chi connectivity index (χ0n) is 12.2. The zero-order chi connectivity index (χ0) is 14.8. The van der Waals surface area contributed by atoms with Crippen molar-refractivity contribution in [3.63, 3.8) is 0 Å². The molecule has 1 aromatic heterocycles. The molecule has 21 heavy (non-hydrogen) atoms. The van der Waals surface area contributed by atoms with Crippen LogP contribution < -0.4 is 5.73 Å². The number of aromatic nitrogens is 4. The number of rotatable bonds is 2. The molecule has 0 bridgehead atoms. The van der Waals surface area contributed by atoms with Gasteiger partial charge in [0.15, 0.2) is 5.82 Å². The summed E-state index contributed by atoms with van der Waals surface area (Å²) in [6.45, 7) is 2.28. The first-order valence-corrected chi connectivity index (χ1v) is 7.88. The third-order valence-electron chi connectivity index (χ3n) is 4.39. The number of nitrogens with two attached hydrogens (primary N) is 1. The molecule has 2 aromatic rings. The maximum atomic E-state index is 6.31. The molecule has 0 spiro atoms. The van der Waals surface area contributed by atoms with Crippen molar-refractivity contribution in [1.82, 2.24) is 20.2 Å². The third kappa shape index (κ3) is 2.75. The maximum absolute atomic E-state index is 6.31. The van der Waals surface area contributed by atoms with Crippen molar-refractivity contribution in [3.8, 4) is 11.4 Å². The number of nitrogen functional groups attached to an aromatic ring is 1. The van der Waals surface area contributed by atoms with Crippen molar-refractivity contribution in [3.05, 3.63) is 23.2 Å². The summed E-state index contributed by atoms with van der Waals surface area (Å²) in [7, 11) is 0. The molecule has 6 heteroatoms. The Bertz CT molecular complexity index is 604. The standard InChI is InChI=1S/C15H20ClN5/c1-10-6-3-2-4-9-13(10)21-15(18-19-20-21)14-11(16)7-5-8-12(14)17/h5,7-8,10,13H,2-4,6,9,17H2,1H3. The second kappa shape index (κ2) is 6.02. The van der Waals surface area contributed by atoms with Gasteiger partial charge in [0.2, 0.25) is 0 Å². The van der Waals surface area contributed by atoms with E-state index in [0.29, 0.717) is 28.5 Å². The predicted octanol–water partition coefficient (Wildman–Crippen LogP) is 3.72. The van der Waals surface area contributed by atoms with Gasteiger partial charge in [0.25, 0.3) is 0 Å². The van der Waals surface area contributed by atoms with Crippen molar-refractivity contribution in [2.75, 3.05) is 5.73 Å². The van der Waals surface area contributed by atoms with Gasteiger partial charge in [-0.05, 0) is 41.3 Å². The number of hydrogen-bond acceptors (Lipinski definition) is 4. The van der Waals surface area contributed by atoms with Crippen molar-refractivity contribution < 1.29 is 0 Å². The normalized spacial score (nSPS) is 23.0. The lowest BCUT2D eigenvalue weighted by Gasteiger charge is -2.22. The van der Waals surface area contributed by atoms with Crippen LogP contribution in [0, 0.1) is 5.92 Å². The summed E-state index contributed by atoms with van der Waals surface area (Å²) in [5.41, 5.74) is 7.43. The van der Waals surface area contributed by atoms with E-state index >= 15 is 0 Å². The molecule has 1 aliphatic rings. The van der Waals surface area contributed by atoms with E-state index in [9.17, 15) is 0 Å². The van der Waals surface area contributed by atoms with Crippen LogP contribution >= 0.6 is 11.6 Å². The number of hydrogen-bond donors (Lipinski definition) is 1. The van der Waals surface area contributed by atoms with E-state index in [-0.39, 0.29) is 0 Å². The van der Waals surface area contributed by atoms with Gasteiger partial charge in [-0.15, -0.1) is 5.10 Å². The van der Waals surface area contributed by atoms with Gasteiger partial charge >= 0.3 is 0 Å². The summed E-state index contributed by atoms with van der Waals surface area (Å²) in [5, 5.41) is 12.9. The summed E-state index contributed by atoms with van der Waals surface area (Å²) in [6.07, 6.45) is 6.09. The Labute approximate surface area is 129 Å². The van der Waals surface area contributed by atoms with Crippen molar-refractivity contribution in [1.29, 1.82) is 0 Å². The number of nitrogens with zero attached hydrogens (tertiary/aromatic N) is 4. The van der Waals surface area contributed by atoms with Crippen molar-refractivity contribution >= 4 is 17.3 Å². The number of halogens is 1. The lowest BCUT2D eigenvalue weighted by atomic mass is 9.97. The van der Waals surface area contributed by atoms with Crippen LogP contribution in [0.15, 0.2) is 18.2 Å². The summed E-state index contributed by atoms with van der Waals surface area (Å²) in [5.74, 6) is 1.23. The zero-order valence-corrected chi connectivity index (χ0v) is 12.9. The van der Waals surface area contributed by atoms with Crippen molar-refractivity contribution in [2.45, 2.75) is 45.1 Å². The molecular weight excluding hydrogens is 286 g/mol. The van der Waals surface area contributed by atoms with E-state index in [1.807, 2.05) is 22.9 Å². The van der Waals surface area contributed by atoms with E-state index in [0.717, 1.165) is 12.0 Å². The largest absolute Gasteiger partial charge is 0.398 e. The summed E-state index contributed by atoms with van der Waals surface area (Å²) in [6, 6.07) is 5.80. The highest BCUT2D eigenvalue weighted by atomic mass is 35.5. The highest BCUT2D eigenvalue weighted by Gasteiger charge is 2.27. The summed E-state index contributed by atoms with van der Waals surface area (Å²) in [4.78, 5) is 0. The van der Waals surface area contributed by atoms with Gasteiger partial charge in [0.05, 0.1) is 16.6 Å². The van der Waals surface area contributed by atoms with Crippen LogP contribution in [-0.2, 0) is 0 Å². The first kappa shape index (κ1) is 14.3. The fraction of sp³-hybridized carbons (Fsp3) is 0.533. The van der Waals surface area contributed by atoms with Gasteiger partial charge in [-0.2, -0.15) is 0 Å². The van der Waals surface area contributed by atoms with Crippen LogP contribution in [-0.4, -0.2) is 20.2 Å². The molecule has 0 radical (unpaired) electrons. The minimum Gasteiger partial charge on any atom is -0.398 e. The Hall–Kier alpha value is -1.62. The van der Waals surface area contributed by atoms with Gasteiger partial charge in [-0.3, -0.25) is 0 Å². The molecule has 1 heterocycles. The molecule has 1 aromatic carbocycles. The Morgan fingerprint density at radius 1 is 1.24 bits per heavy atom. The molecule has 0 aliphatic heterocycles. The molecule has 112 valence electrons. The molecule has 0 saturated heterocycles. The molecule has 2 atom stereocenters. The minimum absolute atomic E-state index is 0.313. The molecular formula is C15H20ClN5. The Morgan fingerprint density at radius 3 is 2.86 bits per heavy atom. The maximum Gasteiger partial charge on any atom is 0.185 e. The Kier molecular flexibility index (Phi) is 4.10. The van der Waals surface area contributed by atoms with Crippen LogP contribution in [0.1, 0.15) is 45.1 Å². The van der Waals surface area contributed by atoms with Crippen molar-refractivity contribution in [2.24, 2.45) is 5.92 Å². The molecule has 2 N–H and O–H groups in total. The van der Waals surface area contributed by atoms with E-state index in [1.165, 1.54) is 25.7 Å². The first-order chi connectivity index (χ1) is 10.2. The topological polar surface area (TPSA) is 69.6 Å². The fourth-order valence-corrected chi connectivity index (χ4v) is 3.46. The second-order valence-electron chi connectivity index (χ2n) is 5.83. The highest BCUT2D eigenvalue weighted by molar-refractivity contribution is 6.33. The van der Waals surface area contributed by atoms with Gasteiger partial charge in [-0.25, -0.2) is 4.68 Å². The summed E-state index contributed by atoms with van der Waals surface area (Å²) < 4.78 is 1.92. The second-order valence-corrected chi connectivity index (χ2v) is 6.24. The van der Waals surface area contributed by atoms with Gasteiger partial charge in [0, 0.05) is 5.69 Å². The Morgan fingerprint density at radius 2 is 2.05 bits per heavy atom. The predicted molar refractivity (Wildman–Crippen MR) is 84.0 cm³/mol. The SMILES string of the molecule is CC1CCCCCC1n1nnnc1-c1c(N)cccc1Cl. The van der Waals surface area contributed by atoms with E-state index in [1.54, 1.807) is 0 Å². The first-order valence-electron chi connectivity index (χ1n) is 7.50. The average Bonchev–Trinajstić information content (AvgIpc) is 2.81. The highest BCUT2D eigenvalue weighted by Crippen LogP contribution is 2.37. The van der Waals surface area contributed by atoms with E-state index < -0.39 is 0 Å². The van der Waals surface area contributed by atoms with Gasteiger partial charge < -0.3 is 5.73 Å². The number of benzene rings is 1. The molecule has 2 unspecified atom stereocenters. The van der Waals surface area contributed by atoms with E-state index in [4.69, 9.17) is 17.3 Å². The lowest BCUT2D eigenvalue weighted by Crippen LogP contribution is -2.19. The van der Waals surface area contributed by atoms with Gasteiger partial charge in [0.1, 0.15) is 0 Å². The summed E-state index contributed by atoms with van der Waals surface area (Å²) >= 11 is 6.31. The smallest absolute Gasteiger partial charge is 0.185 e. The monoisotopic (exact) mass is 305 g/mol. The quantitative estimate of drug-likeness (QED) is 0.678. The van der Waals surface area contributed by atoms with Crippen LogP contribution in [0.3, 0.4) is 0 Å². The lowest BCUT2D eigenvalue weighted by molar-refractivity contribution is 0.306. The molecule has 1 fully saturated rings. The molecule has 5 nitrogen and oxygen atoms in total. The van der Waals surface area contributed by atoms with Crippen LogP contribution in [0.2, 0.25) is 5.02 Å². The molecule has 0 amide bonds. The number of tetrazole rings is 1.